The van der Waals surface area contributed by atoms with Crippen LogP contribution in [0.25, 0.3) is 0 Å². The Kier molecular flexibility index (Phi) is 10.2. The lowest BCUT2D eigenvalue weighted by Crippen LogP contribution is -2.54. The molecule has 0 spiro atoms. The summed E-state index contributed by atoms with van der Waals surface area (Å²) in [6.07, 6.45) is 1.21. The van der Waals surface area contributed by atoms with E-state index in [2.05, 4.69) is 10.6 Å². The van der Waals surface area contributed by atoms with Crippen molar-refractivity contribution < 1.29 is 23.9 Å². The molecule has 0 heterocycles. The Morgan fingerprint density at radius 3 is 2.03 bits per heavy atom. The Morgan fingerprint density at radius 2 is 1.47 bits per heavy atom. The number of esters is 1. The van der Waals surface area contributed by atoms with Crippen molar-refractivity contribution in [2.24, 2.45) is 5.92 Å². The van der Waals surface area contributed by atoms with E-state index in [-0.39, 0.29) is 12.5 Å². The Labute approximate surface area is 189 Å². The number of carbonyl (C=O) groups is 3. The molecule has 0 bridgehead atoms. The lowest BCUT2D eigenvalue weighted by Gasteiger charge is -2.24. The SMILES string of the molecule is COC(=O)[C@@H](CCCc1ccccc1)NC(=O)[C@@H](NC(=O)OCc1ccccc1)C(C)C. The van der Waals surface area contributed by atoms with Gasteiger partial charge in [-0.1, -0.05) is 74.5 Å². The number of amides is 2. The van der Waals surface area contributed by atoms with E-state index < -0.39 is 30.1 Å². The van der Waals surface area contributed by atoms with Crippen LogP contribution in [0.5, 0.6) is 0 Å². The van der Waals surface area contributed by atoms with Crippen molar-refractivity contribution in [2.75, 3.05) is 7.11 Å². The maximum absolute atomic E-state index is 12.9. The average molecular weight is 441 g/mol. The van der Waals surface area contributed by atoms with Crippen LogP contribution in [0.3, 0.4) is 0 Å². The first-order valence-corrected chi connectivity index (χ1v) is 10.8. The first-order valence-electron chi connectivity index (χ1n) is 10.8. The third-order valence-corrected chi connectivity index (χ3v) is 5.04. The second kappa shape index (κ2) is 13.1. The van der Waals surface area contributed by atoms with Crippen LogP contribution in [-0.4, -0.2) is 37.2 Å². The molecule has 7 nitrogen and oxygen atoms in total. The number of nitrogens with one attached hydrogen (secondary N) is 2. The van der Waals surface area contributed by atoms with Crippen molar-refractivity contribution in [3.63, 3.8) is 0 Å². The second-order valence-corrected chi connectivity index (χ2v) is 7.89. The summed E-state index contributed by atoms with van der Waals surface area (Å²) in [5.74, 6) is -1.17. The predicted molar refractivity (Wildman–Crippen MR) is 122 cm³/mol. The van der Waals surface area contributed by atoms with Crippen molar-refractivity contribution in [1.82, 2.24) is 10.6 Å². The van der Waals surface area contributed by atoms with Gasteiger partial charge < -0.3 is 20.1 Å². The van der Waals surface area contributed by atoms with Gasteiger partial charge >= 0.3 is 12.1 Å². The number of aryl methyl sites for hydroxylation is 1. The van der Waals surface area contributed by atoms with E-state index in [1.54, 1.807) is 0 Å². The van der Waals surface area contributed by atoms with Gasteiger partial charge in [0.2, 0.25) is 5.91 Å². The van der Waals surface area contributed by atoms with E-state index in [1.807, 2.05) is 74.5 Å². The molecular formula is C25H32N2O5. The van der Waals surface area contributed by atoms with Crippen LogP contribution in [0.2, 0.25) is 0 Å². The van der Waals surface area contributed by atoms with Crippen molar-refractivity contribution in [2.45, 2.75) is 51.8 Å². The van der Waals surface area contributed by atoms with Crippen LogP contribution in [0, 0.1) is 5.92 Å². The molecule has 32 heavy (non-hydrogen) atoms. The number of benzene rings is 2. The summed E-state index contributed by atoms with van der Waals surface area (Å²) in [7, 11) is 1.29. The van der Waals surface area contributed by atoms with Gasteiger partial charge in [-0.25, -0.2) is 9.59 Å². The Balaban J connectivity index is 1.91. The number of carbonyl (C=O) groups excluding carboxylic acids is 3. The number of methoxy groups -OCH3 is 1. The molecule has 0 unspecified atom stereocenters. The first kappa shape index (κ1) is 24.9. The monoisotopic (exact) mass is 440 g/mol. The minimum atomic E-state index is -0.848. The highest BCUT2D eigenvalue weighted by Gasteiger charge is 2.29. The zero-order chi connectivity index (χ0) is 23.3. The fourth-order valence-electron chi connectivity index (χ4n) is 3.23. The fraction of sp³-hybridized carbons (Fsp3) is 0.400. The van der Waals surface area contributed by atoms with Crippen molar-refractivity contribution >= 4 is 18.0 Å². The van der Waals surface area contributed by atoms with Gasteiger partial charge in [0.25, 0.3) is 0 Å². The lowest BCUT2D eigenvalue weighted by molar-refractivity contribution is -0.145. The topological polar surface area (TPSA) is 93.7 Å². The standard InChI is InChI=1S/C25H32N2O5/c1-18(2)22(27-25(30)32-17-20-13-8-5-9-14-20)23(28)26-21(24(29)31-3)16-10-15-19-11-6-4-7-12-19/h4-9,11-14,18,21-22H,10,15-17H2,1-3H3,(H,26,28)(H,27,30)/t21-,22+/m1/s1. The zero-order valence-corrected chi connectivity index (χ0v) is 18.9. The van der Waals surface area contributed by atoms with Crippen molar-refractivity contribution in [3.8, 4) is 0 Å². The van der Waals surface area contributed by atoms with Gasteiger partial charge in [-0.2, -0.15) is 0 Å². The first-order chi connectivity index (χ1) is 15.4. The molecule has 0 aliphatic carbocycles. The smallest absolute Gasteiger partial charge is 0.408 e. The van der Waals surface area contributed by atoms with Gasteiger partial charge in [0.05, 0.1) is 7.11 Å². The molecular weight excluding hydrogens is 408 g/mol. The molecule has 2 amide bonds. The number of rotatable bonds is 11. The molecule has 0 radical (unpaired) electrons. The summed E-state index contributed by atoms with van der Waals surface area (Å²) in [5.41, 5.74) is 2.00. The van der Waals surface area contributed by atoms with E-state index in [0.29, 0.717) is 12.8 Å². The van der Waals surface area contributed by atoms with Crippen molar-refractivity contribution in [3.05, 3.63) is 71.8 Å². The third kappa shape index (κ3) is 8.41. The minimum Gasteiger partial charge on any atom is -0.467 e. The van der Waals surface area contributed by atoms with E-state index >= 15 is 0 Å². The Bertz CT molecular complexity index is 855. The summed E-state index contributed by atoms with van der Waals surface area (Å²) in [4.78, 5) is 37.3. The lowest BCUT2D eigenvalue weighted by atomic mass is 10.0. The molecule has 0 saturated carbocycles. The van der Waals surface area contributed by atoms with E-state index in [9.17, 15) is 14.4 Å². The van der Waals surface area contributed by atoms with E-state index in [0.717, 1.165) is 17.5 Å². The quantitative estimate of drug-likeness (QED) is 0.521. The molecule has 2 aromatic rings. The molecule has 0 aromatic heterocycles. The molecule has 0 aliphatic rings. The summed E-state index contributed by atoms with van der Waals surface area (Å²) in [5, 5.41) is 5.34. The predicted octanol–water partition coefficient (Wildman–Crippen LogP) is 3.62. The van der Waals surface area contributed by atoms with Gasteiger partial charge in [-0.3, -0.25) is 4.79 Å². The normalized spacial score (nSPS) is 12.5. The van der Waals surface area contributed by atoms with Gasteiger partial charge in [-0.05, 0) is 36.3 Å². The van der Waals surface area contributed by atoms with Gasteiger partial charge in [0.15, 0.2) is 0 Å². The molecule has 0 fully saturated rings. The highest BCUT2D eigenvalue weighted by Crippen LogP contribution is 2.10. The molecule has 2 aromatic carbocycles. The van der Waals surface area contributed by atoms with E-state index in [1.165, 1.54) is 7.11 Å². The van der Waals surface area contributed by atoms with Crippen LogP contribution in [-0.2, 0) is 32.1 Å². The van der Waals surface area contributed by atoms with Crippen LogP contribution < -0.4 is 10.6 Å². The molecule has 172 valence electrons. The number of ether oxygens (including phenoxy) is 2. The number of hydrogen-bond donors (Lipinski definition) is 2. The minimum absolute atomic E-state index is 0.101. The number of alkyl carbamates (subject to hydrolysis) is 1. The second-order valence-electron chi connectivity index (χ2n) is 7.89. The van der Waals surface area contributed by atoms with Crippen molar-refractivity contribution in [1.29, 1.82) is 0 Å². The van der Waals surface area contributed by atoms with Crippen LogP contribution >= 0.6 is 0 Å². The summed E-state index contributed by atoms with van der Waals surface area (Å²) in [6.45, 7) is 3.72. The number of hydrogen-bond acceptors (Lipinski definition) is 5. The maximum Gasteiger partial charge on any atom is 0.408 e. The van der Waals surface area contributed by atoms with Gasteiger partial charge in [0, 0.05) is 0 Å². The molecule has 0 saturated heterocycles. The zero-order valence-electron chi connectivity index (χ0n) is 18.9. The highest BCUT2D eigenvalue weighted by atomic mass is 16.5. The average Bonchev–Trinajstić information content (AvgIpc) is 2.81. The molecule has 7 heteroatoms. The van der Waals surface area contributed by atoms with Crippen LogP contribution in [0.4, 0.5) is 4.79 Å². The maximum atomic E-state index is 12.9. The van der Waals surface area contributed by atoms with Gasteiger partial charge in [-0.15, -0.1) is 0 Å². The summed E-state index contributed by atoms with van der Waals surface area (Å²) in [6, 6.07) is 17.5. The van der Waals surface area contributed by atoms with E-state index in [4.69, 9.17) is 9.47 Å². The molecule has 2 N–H and O–H groups in total. The summed E-state index contributed by atoms with van der Waals surface area (Å²) < 4.78 is 10.1. The van der Waals surface area contributed by atoms with Gasteiger partial charge in [0.1, 0.15) is 18.7 Å². The highest BCUT2D eigenvalue weighted by molar-refractivity contribution is 5.89. The molecule has 0 aliphatic heterocycles. The van der Waals surface area contributed by atoms with Crippen LogP contribution in [0.15, 0.2) is 60.7 Å². The summed E-state index contributed by atoms with van der Waals surface area (Å²) >= 11 is 0. The Hall–Kier alpha value is -3.35. The molecule has 2 atom stereocenters. The largest absolute Gasteiger partial charge is 0.467 e. The van der Waals surface area contributed by atoms with Crippen LogP contribution in [0.1, 0.15) is 37.8 Å². The Morgan fingerprint density at radius 1 is 0.875 bits per heavy atom. The third-order valence-electron chi connectivity index (χ3n) is 5.04. The fourth-order valence-corrected chi connectivity index (χ4v) is 3.23. The molecule has 2 rings (SSSR count).